The van der Waals surface area contributed by atoms with E-state index < -0.39 is 0 Å². The minimum atomic E-state index is -0.150. The summed E-state index contributed by atoms with van der Waals surface area (Å²) in [6, 6.07) is 8.49. The van der Waals surface area contributed by atoms with Crippen molar-refractivity contribution in [2.75, 3.05) is 19.8 Å². The summed E-state index contributed by atoms with van der Waals surface area (Å²) in [5, 5.41) is 9.91. The molecule has 0 unspecified atom stereocenters. The lowest BCUT2D eigenvalue weighted by Crippen LogP contribution is -2.30. The van der Waals surface area contributed by atoms with Gasteiger partial charge in [0.25, 0.3) is 0 Å². The summed E-state index contributed by atoms with van der Waals surface area (Å²) in [7, 11) is 0. The third-order valence-corrected chi connectivity index (χ3v) is 4.09. The third-order valence-electron chi connectivity index (χ3n) is 2.94. The molecule has 0 aromatic heterocycles. The van der Waals surface area contributed by atoms with Crippen LogP contribution in [0.2, 0.25) is 0 Å². The molecule has 1 N–H and O–H groups in total. The summed E-state index contributed by atoms with van der Waals surface area (Å²) >= 11 is 1.87. The van der Waals surface area contributed by atoms with E-state index in [9.17, 15) is 5.11 Å². The zero-order valence-corrected chi connectivity index (χ0v) is 10.6. The topological polar surface area (TPSA) is 29.5 Å². The lowest BCUT2D eigenvalue weighted by Gasteiger charge is -2.26. The highest BCUT2D eigenvalue weighted by Crippen LogP contribution is 2.30. The van der Waals surface area contributed by atoms with Crippen molar-refractivity contribution < 1.29 is 9.84 Å². The van der Waals surface area contributed by atoms with E-state index in [0.717, 1.165) is 13.2 Å². The van der Waals surface area contributed by atoms with Crippen molar-refractivity contribution in [1.82, 2.24) is 0 Å². The van der Waals surface area contributed by atoms with Crippen LogP contribution in [0.15, 0.2) is 29.2 Å². The standard InChI is InChI=1S/C13H18O2S/c1-13(2,9-14)10-3-5-11(6-4-10)16-12-7-15-8-12/h3-6,12,14H,7-9H2,1-2H3. The Balaban J connectivity index is 2.03. The second kappa shape index (κ2) is 4.78. The predicted molar refractivity (Wildman–Crippen MR) is 67.0 cm³/mol. The van der Waals surface area contributed by atoms with Crippen molar-refractivity contribution in [2.45, 2.75) is 29.4 Å². The van der Waals surface area contributed by atoms with E-state index in [1.165, 1.54) is 10.5 Å². The molecule has 1 aliphatic heterocycles. The van der Waals surface area contributed by atoms with Crippen molar-refractivity contribution in [3.05, 3.63) is 29.8 Å². The molecule has 2 nitrogen and oxygen atoms in total. The van der Waals surface area contributed by atoms with Crippen LogP contribution in [0.5, 0.6) is 0 Å². The van der Waals surface area contributed by atoms with Gasteiger partial charge < -0.3 is 9.84 Å². The maximum Gasteiger partial charge on any atom is 0.0611 e. The van der Waals surface area contributed by atoms with E-state index in [1.54, 1.807) is 0 Å². The van der Waals surface area contributed by atoms with Gasteiger partial charge >= 0.3 is 0 Å². The van der Waals surface area contributed by atoms with Crippen LogP contribution < -0.4 is 0 Å². The molecule has 0 saturated carbocycles. The van der Waals surface area contributed by atoms with Crippen LogP contribution in [-0.4, -0.2) is 30.2 Å². The van der Waals surface area contributed by atoms with Gasteiger partial charge in [0.2, 0.25) is 0 Å². The Kier molecular flexibility index (Phi) is 3.57. The van der Waals surface area contributed by atoms with Crippen LogP contribution in [0.1, 0.15) is 19.4 Å². The Morgan fingerprint density at radius 2 is 1.94 bits per heavy atom. The van der Waals surface area contributed by atoms with Crippen molar-refractivity contribution in [3.63, 3.8) is 0 Å². The van der Waals surface area contributed by atoms with E-state index in [4.69, 9.17) is 4.74 Å². The summed E-state index contributed by atoms with van der Waals surface area (Å²) in [6.45, 7) is 6.02. The van der Waals surface area contributed by atoms with Crippen LogP contribution in [0, 0.1) is 0 Å². The van der Waals surface area contributed by atoms with Crippen LogP contribution >= 0.6 is 11.8 Å². The Hall–Kier alpha value is -0.510. The quantitative estimate of drug-likeness (QED) is 0.873. The summed E-state index contributed by atoms with van der Waals surface area (Å²) in [5.41, 5.74) is 1.03. The van der Waals surface area contributed by atoms with Gasteiger partial charge in [-0.2, -0.15) is 0 Å². The average molecular weight is 238 g/mol. The van der Waals surface area contributed by atoms with Gasteiger partial charge in [0.1, 0.15) is 0 Å². The lowest BCUT2D eigenvalue weighted by atomic mass is 9.86. The molecule has 1 aromatic rings. The van der Waals surface area contributed by atoms with Crippen LogP contribution in [-0.2, 0) is 10.2 Å². The zero-order chi connectivity index (χ0) is 11.6. The van der Waals surface area contributed by atoms with Gasteiger partial charge in [-0.05, 0) is 17.7 Å². The van der Waals surface area contributed by atoms with Crippen molar-refractivity contribution >= 4 is 11.8 Å². The van der Waals surface area contributed by atoms with Gasteiger partial charge in [0, 0.05) is 10.3 Å². The molecule has 3 heteroatoms. The Morgan fingerprint density at radius 1 is 1.31 bits per heavy atom. The molecule has 0 spiro atoms. The van der Waals surface area contributed by atoms with Gasteiger partial charge in [-0.25, -0.2) is 0 Å². The molecule has 1 aliphatic rings. The molecule has 0 aliphatic carbocycles. The minimum Gasteiger partial charge on any atom is -0.395 e. The van der Waals surface area contributed by atoms with Gasteiger partial charge in [0.05, 0.1) is 25.1 Å². The second-order valence-electron chi connectivity index (χ2n) is 4.84. The van der Waals surface area contributed by atoms with Gasteiger partial charge in [-0.15, -0.1) is 11.8 Å². The molecule has 88 valence electrons. The van der Waals surface area contributed by atoms with Crippen molar-refractivity contribution in [3.8, 4) is 0 Å². The lowest BCUT2D eigenvalue weighted by molar-refractivity contribution is 0.0455. The average Bonchev–Trinajstić information content (AvgIpc) is 2.24. The fraction of sp³-hybridized carbons (Fsp3) is 0.538. The fourth-order valence-corrected chi connectivity index (χ4v) is 2.56. The first-order valence-corrected chi connectivity index (χ1v) is 6.45. The molecule has 0 amide bonds. The number of aliphatic hydroxyl groups is 1. The van der Waals surface area contributed by atoms with Gasteiger partial charge in [-0.1, -0.05) is 26.0 Å². The van der Waals surface area contributed by atoms with Gasteiger partial charge in [-0.3, -0.25) is 0 Å². The molecule has 1 aromatic carbocycles. The summed E-state index contributed by atoms with van der Waals surface area (Å²) in [5.74, 6) is 0. The number of hydrogen-bond donors (Lipinski definition) is 1. The van der Waals surface area contributed by atoms with E-state index in [2.05, 4.69) is 38.1 Å². The summed E-state index contributed by atoms with van der Waals surface area (Å²) in [4.78, 5) is 1.28. The van der Waals surface area contributed by atoms with Crippen molar-refractivity contribution in [2.24, 2.45) is 0 Å². The smallest absolute Gasteiger partial charge is 0.0611 e. The molecule has 2 rings (SSSR count). The molecule has 0 atom stereocenters. The van der Waals surface area contributed by atoms with Gasteiger partial charge in [0.15, 0.2) is 0 Å². The number of aliphatic hydroxyl groups excluding tert-OH is 1. The van der Waals surface area contributed by atoms with E-state index >= 15 is 0 Å². The number of hydrogen-bond acceptors (Lipinski definition) is 3. The SMILES string of the molecule is CC(C)(CO)c1ccc(SC2COC2)cc1. The highest BCUT2D eigenvalue weighted by molar-refractivity contribution is 8.00. The molecule has 16 heavy (non-hydrogen) atoms. The highest BCUT2D eigenvalue weighted by Gasteiger charge is 2.21. The zero-order valence-electron chi connectivity index (χ0n) is 9.77. The maximum absolute atomic E-state index is 9.29. The molecule has 1 saturated heterocycles. The van der Waals surface area contributed by atoms with Crippen LogP contribution in [0.4, 0.5) is 0 Å². The largest absolute Gasteiger partial charge is 0.395 e. The molecular weight excluding hydrogens is 220 g/mol. The first-order valence-electron chi connectivity index (χ1n) is 5.57. The Labute approximate surface area is 101 Å². The highest BCUT2D eigenvalue weighted by atomic mass is 32.2. The molecule has 0 radical (unpaired) electrons. The number of rotatable bonds is 4. The van der Waals surface area contributed by atoms with Crippen molar-refractivity contribution in [1.29, 1.82) is 0 Å². The number of thioether (sulfide) groups is 1. The molecular formula is C13H18O2S. The summed E-state index contributed by atoms with van der Waals surface area (Å²) < 4.78 is 5.15. The van der Waals surface area contributed by atoms with E-state index in [-0.39, 0.29) is 12.0 Å². The molecule has 1 fully saturated rings. The third kappa shape index (κ3) is 2.59. The fourth-order valence-electron chi connectivity index (χ4n) is 1.55. The maximum atomic E-state index is 9.29. The van der Waals surface area contributed by atoms with E-state index in [0.29, 0.717) is 5.25 Å². The normalized spacial score (nSPS) is 17.2. The predicted octanol–water partition coefficient (Wildman–Crippen LogP) is 2.45. The van der Waals surface area contributed by atoms with E-state index in [1.807, 2.05) is 11.8 Å². The Bertz CT molecular complexity index is 341. The second-order valence-corrected chi connectivity index (χ2v) is 6.22. The first kappa shape index (κ1) is 12.0. The van der Waals surface area contributed by atoms with Crippen LogP contribution in [0.3, 0.4) is 0 Å². The number of benzene rings is 1. The van der Waals surface area contributed by atoms with Crippen LogP contribution in [0.25, 0.3) is 0 Å². The first-order chi connectivity index (χ1) is 7.62. The minimum absolute atomic E-state index is 0.150. The number of ether oxygens (including phenoxy) is 1. The molecule has 0 bridgehead atoms. The Morgan fingerprint density at radius 3 is 2.38 bits per heavy atom. The summed E-state index contributed by atoms with van der Waals surface area (Å²) in [6.07, 6.45) is 0. The monoisotopic (exact) mass is 238 g/mol. The molecule has 1 heterocycles.